The lowest BCUT2D eigenvalue weighted by Crippen LogP contribution is -2.19. The van der Waals surface area contributed by atoms with Gasteiger partial charge in [-0.05, 0) is 18.1 Å². The molecule has 0 aliphatic carbocycles. The van der Waals surface area contributed by atoms with E-state index in [1.54, 1.807) is 0 Å². The highest BCUT2D eigenvalue weighted by molar-refractivity contribution is 5.25. The number of benzene rings is 2. The third kappa shape index (κ3) is 2.05. The predicted octanol–water partition coefficient (Wildman–Crippen LogP) is 4.00. The molecule has 0 aromatic heterocycles. The van der Waals surface area contributed by atoms with Crippen molar-refractivity contribution in [1.82, 2.24) is 0 Å². The maximum atomic E-state index is 5.59. The molecule has 92 valence electrons. The van der Waals surface area contributed by atoms with Crippen molar-refractivity contribution < 1.29 is 9.78 Å². The number of hydrogen-bond donors (Lipinski definition) is 0. The van der Waals surface area contributed by atoms with E-state index in [9.17, 15) is 0 Å². The maximum absolute atomic E-state index is 5.59. The van der Waals surface area contributed by atoms with Gasteiger partial charge in [-0.3, -0.25) is 0 Å². The molecule has 3 rings (SSSR count). The van der Waals surface area contributed by atoms with Gasteiger partial charge in [0.25, 0.3) is 0 Å². The standard InChI is InChI=1S/C16H16O2/c1-16(14-10-6-3-7-11-14)12-15(17-18-16)13-8-4-2-5-9-13/h2-11,15H,12H2,1H3/t15-,16-/m1/s1. The molecule has 1 fully saturated rings. The third-order valence-corrected chi connectivity index (χ3v) is 3.48. The molecule has 1 heterocycles. The first-order chi connectivity index (χ1) is 8.78. The van der Waals surface area contributed by atoms with Crippen molar-refractivity contribution in [3.63, 3.8) is 0 Å². The van der Waals surface area contributed by atoms with Gasteiger partial charge in [0.05, 0.1) is 0 Å². The van der Waals surface area contributed by atoms with Gasteiger partial charge in [0.1, 0.15) is 11.7 Å². The van der Waals surface area contributed by atoms with Crippen molar-refractivity contribution in [1.29, 1.82) is 0 Å². The molecule has 2 aromatic rings. The Labute approximate surface area is 107 Å². The fraction of sp³-hybridized carbons (Fsp3) is 0.250. The summed E-state index contributed by atoms with van der Waals surface area (Å²) >= 11 is 0. The fourth-order valence-corrected chi connectivity index (χ4v) is 2.38. The van der Waals surface area contributed by atoms with Crippen LogP contribution in [-0.4, -0.2) is 0 Å². The van der Waals surface area contributed by atoms with Crippen LogP contribution in [0.5, 0.6) is 0 Å². The molecular formula is C16H16O2. The van der Waals surface area contributed by atoms with Crippen LogP contribution in [0.15, 0.2) is 60.7 Å². The van der Waals surface area contributed by atoms with Crippen LogP contribution < -0.4 is 0 Å². The van der Waals surface area contributed by atoms with Gasteiger partial charge in [-0.25, -0.2) is 9.78 Å². The Balaban J connectivity index is 1.83. The smallest absolute Gasteiger partial charge is 0.129 e. The third-order valence-electron chi connectivity index (χ3n) is 3.48. The van der Waals surface area contributed by atoms with Gasteiger partial charge in [-0.15, -0.1) is 0 Å². The summed E-state index contributed by atoms with van der Waals surface area (Å²) in [5.74, 6) is 0. The highest BCUT2D eigenvalue weighted by atomic mass is 17.2. The van der Waals surface area contributed by atoms with Crippen LogP contribution in [0.25, 0.3) is 0 Å². The van der Waals surface area contributed by atoms with E-state index in [0.717, 1.165) is 17.5 Å². The topological polar surface area (TPSA) is 18.5 Å². The molecule has 1 saturated heterocycles. The average molecular weight is 240 g/mol. The second-order valence-electron chi connectivity index (χ2n) is 4.88. The zero-order chi connectivity index (χ0) is 12.4. The summed E-state index contributed by atoms with van der Waals surface area (Å²) in [7, 11) is 0. The van der Waals surface area contributed by atoms with Gasteiger partial charge < -0.3 is 0 Å². The highest BCUT2D eigenvalue weighted by Crippen LogP contribution is 2.43. The minimum Gasteiger partial charge on any atom is -0.228 e. The van der Waals surface area contributed by atoms with Crippen LogP contribution in [0.1, 0.15) is 30.6 Å². The van der Waals surface area contributed by atoms with Crippen molar-refractivity contribution in [2.45, 2.75) is 25.0 Å². The van der Waals surface area contributed by atoms with Crippen LogP contribution in [0.3, 0.4) is 0 Å². The van der Waals surface area contributed by atoms with E-state index in [1.807, 2.05) is 36.4 Å². The van der Waals surface area contributed by atoms with Crippen LogP contribution in [0, 0.1) is 0 Å². The molecule has 0 amide bonds. The lowest BCUT2D eigenvalue weighted by Gasteiger charge is -2.20. The van der Waals surface area contributed by atoms with E-state index < -0.39 is 0 Å². The molecule has 0 N–H and O–H groups in total. The highest BCUT2D eigenvalue weighted by Gasteiger charge is 2.40. The first-order valence-electron chi connectivity index (χ1n) is 6.23. The van der Waals surface area contributed by atoms with Crippen LogP contribution in [-0.2, 0) is 15.4 Å². The summed E-state index contributed by atoms with van der Waals surface area (Å²) in [6.45, 7) is 2.07. The van der Waals surface area contributed by atoms with Gasteiger partial charge in [-0.1, -0.05) is 60.7 Å². The molecular weight excluding hydrogens is 224 g/mol. The molecule has 0 radical (unpaired) electrons. The van der Waals surface area contributed by atoms with E-state index in [0.29, 0.717) is 0 Å². The summed E-state index contributed by atoms with van der Waals surface area (Å²) in [5, 5.41) is 0. The minimum absolute atomic E-state index is 0.0106. The fourth-order valence-electron chi connectivity index (χ4n) is 2.38. The van der Waals surface area contributed by atoms with Crippen LogP contribution >= 0.6 is 0 Å². The Hall–Kier alpha value is -1.64. The summed E-state index contributed by atoms with van der Waals surface area (Å²) in [6, 6.07) is 20.4. The first-order valence-corrected chi connectivity index (χ1v) is 6.23. The normalized spacial score (nSPS) is 27.3. The summed E-state index contributed by atoms with van der Waals surface area (Å²) in [4.78, 5) is 11.1. The molecule has 0 spiro atoms. The molecule has 18 heavy (non-hydrogen) atoms. The number of rotatable bonds is 2. The average Bonchev–Trinajstić information content (AvgIpc) is 2.85. The first kappa shape index (κ1) is 11.5. The minimum atomic E-state index is -0.359. The van der Waals surface area contributed by atoms with Crippen LogP contribution in [0.2, 0.25) is 0 Å². The van der Waals surface area contributed by atoms with E-state index in [4.69, 9.17) is 9.78 Å². The molecule has 0 saturated carbocycles. The maximum Gasteiger partial charge on any atom is 0.129 e. The monoisotopic (exact) mass is 240 g/mol. The van der Waals surface area contributed by atoms with E-state index in [-0.39, 0.29) is 11.7 Å². The Kier molecular flexibility index (Phi) is 2.90. The Morgan fingerprint density at radius 3 is 2.22 bits per heavy atom. The predicted molar refractivity (Wildman–Crippen MR) is 69.8 cm³/mol. The lowest BCUT2D eigenvalue weighted by molar-refractivity contribution is -0.328. The zero-order valence-electron chi connectivity index (χ0n) is 10.4. The Morgan fingerprint density at radius 2 is 1.56 bits per heavy atom. The lowest BCUT2D eigenvalue weighted by atomic mass is 9.89. The van der Waals surface area contributed by atoms with Crippen molar-refractivity contribution in [3.8, 4) is 0 Å². The van der Waals surface area contributed by atoms with Crippen molar-refractivity contribution in [3.05, 3.63) is 71.8 Å². The second-order valence-corrected chi connectivity index (χ2v) is 4.88. The summed E-state index contributed by atoms with van der Waals surface area (Å²) in [5.41, 5.74) is 1.96. The van der Waals surface area contributed by atoms with Gasteiger partial charge in [-0.2, -0.15) is 0 Å². The van der Waals surface area contributed by atoms with Crippen LogP contribution in [0.4, 0.5) is 0 Å². The zero-order valence-corrected chi connectivity index (χ0v) is 10.4. The van der Waals surface area contributed by atoms with Gasteiger partial charge in [0, 0.05) is 6.42 Å². The molecule has 2 atom stereocenters. The van der Waals surface area contributed by atoms with Crippen molar-refractivity contribution in [2.24, 2.45) is 0 Å². The molecule has 1 aliphatic heterocycles. The summed E-state index contributed by atoms with van der Waals surface area (Å²) < 4.78 is 0. The molecule has 1 aliphatic rings. The van der Waals surface area contributed by atoms with E-state index in [1.165, 1.54) is 0 Å². The SMILES string of the molecule is C[C@]1(c2ccccc2)C[C@H](c2ccccc2)OO1. The number of hydrogen-bond acceptors (Lipinski definition) is 2. The molecule has 2 aromatic carbocycles. The molecule has 0 unspecified atom stereocenters. The quantitative estimate of drug-likeness (QED) is 0.739. The molecule has 2 heteroatoms. The Bertz CT molecular complexity index is 509. The molecule has 2 nitrogen and oxygen atoms in total. The van der Waals surface area contributed by atoms with Gasteiger partial charge >= 0.3 is 0 Å². The van der Waals surface area contributed by atoms with Gasteiger partial charge in [0.2, 0.25) is 0 Å². The van der Waals surface area contributed by atoms with Gasteiger partial charge in [0.15, 0.2) is 0 Å². The largest absolute Gasteiger partial charge is 0.228 e. The van der Waals surface area contributed by atoms with E-state index in [2.05, 4.69) is 31.2 Å². The van der Waals surface area contributed by atoms with E-state index >= 15 is 0 Å². The second kappa shape index (κ2) is 4.56. The van der Waals surface area contributed by atoms with Crippen molar-refractivity contribution in [2.75, 3.05) is 0 Å². The Morgan fingerprint density at radius 1 is 0.944 bits per heavy atom. The van der Waals surface area contributed by atoms with Crippen molar-refractivity contribution >= 4 is 0 Å². The summed E-state index contributed by atoms with van der Waals surface area (Å²) in [6.07, 6.45) is 0.845. The molecule has 0 bridgehead atoms.